The molecule has 0 radical (unpaired) electrons. The van der Waals surface area contributed by atoms with Crippen molar-refractivity contribution >= 4 is 17.5 Å². The highest BCUT2D eigenvalue weighted by Crippen LogP contribution is 2.41. The van der Waals surface area contributed by atoms with Gasteiger partial charge < -0.3 is 20.4 Å². The third-order valence-corrected chi connectivity index (χ3v) is 4.16. The average Bonchev–Trinajstić information content (AvgIpc) is 2.51. The van der Waals surface area contributed by atoms with E-state index in [1.165, 1.54) is 6.07 Å². The number of aryl methyl sites for hydroxylation is 1. The zero-order chi connectivity index (χ0) is 18.5. The molecule has 25 heavy (non-hydrogen) atoms. The fourth-order valence-corrected chi connectivity index (χ4v) is 3.14. The first-order valence-corrected chi connectivity index (χ1v) is 7.55. The maximum atomic E-state index is 12.7. The Morgan fingerprint density at radius 3 is 2.20 bits per heavy atom. The highest BCUT2D eigenvalue weighted by Gasteiger charge is 2.37. The van der Waals surface area contributed by atoms with Gasteiger partial charge >= 0.3 is 5.97 Å². The lowest BCUT2D eigenvalue weighted by Crippen LogP contribution is -2.23. The van der Waals surface area contributed by atoms with Crippen molar-refractivity contribution in [3.05, 3.63) is 51.6 Å². The summed E-state index contributed by atoms with van der Waals surface area (Å²) in [4.78, 5) is 36.9. The number of carboxylic acid groups (broad SMARTS) is 1. The predicted octanol–water partition coefficient (Wildman–Crippen LogP) is 2.23. The topological polar surface area (TPSA) is 132 Å². The molecule has 0 aromatic heterocycles. The summed E-state index contributed by atoms with van der Waals surface area (Å²) in [5, 5.41) is 39.3. The molecule has 2 aromatic carbocycles. The van der Waals surface area contributed by atoms with Crippen molar-refractivity contribution < 1.29 is 34.8 Å². The standard InChI is InChI=1S/C18H14O7/c1-2-3-7-4-9-14(16(22)12(7)18(24)25)17(23)13-10(15(9)21)5-8(19)6-11(13)20/h4-6,19-20,22H,2-3H2,1H3,(H,24,25). The zero-order valence-corrected chi connectivity index (χ0v) is 13.2. The second-order valence-electron chi connectivity index (χ2n) is 5.78. The summed E-state index contributed by atoms with van der Waals surface area (Å²) in [5.41, 5.74) is -1.35. The number of aromatic carboxylic acids is 1. The van der Waals surface area contributed by atoms with Crippen LogP contribution in [0.1, 0.15) is 61.1 Å². The van der Waals surface area contributed by atoms with Gasteiger partial charge in [-0.3, -0.25) is 9.59 Å². The molecule has 1 aliphatic carbocycles. The van der Waals surface area contributed by atoms with Gasteiger partial charge in [-0.2, -0.15) is 0 Å². The molecule has 0 bridgehead atoms. The third-order valence-electron chi connectivity index (χ3n) is 4.16. The summed E-state index contributed by atoms with van der Waals surface area (Å²) in [6.45, 7) is 1.81. The van der Waals surface area contributed by atoms with E-state index in [0.717, 1.165) is 12.1 Å². The summed E-state index contributed by atoms with van der Waals surface area (Å²) in [6, 6.07) is 3.24. The maximum absolute atomic E-state index is 12.7. The molecule has 0 unspecified atom stereocenters. The molecule has 0 aliphatic heterocycles. The van der Waals surface area contributed by atoms with Crippen LogP contribution in [0.5, 0.6) is 17.2 Å². The van der Waals surface area contributed by atoms with E-state index < -0.39 is 40.2 Å². The number of hydrogen-bond acceptors (Lipinski definition) is 6. The fourth-order valence-electron chi connectivity index (χ4n) is 3.14. The first-order valence-electron chi connectivity index (χ1n) is 7.55. The summed E-state index contributed by atoms with van der Waals surface area (Å²) in [6.07, 6.45) is 0.862. The molecule has 0 spiro atoms. The van der Waals surface area contributed by atoms with E-state index in [1.54, 1.807) is 6.92 Å². The van der Waals surface area contributed by atoms with Crippen LogP contribution < -0.4 is 0 Å². The molecule has 7 nitrogen and oxygen atoms in total. The van der Waals surface area contributed by atoms with Crippen molar-refractivity contribution in [3.8, 4) is 17.2 Å². The van der Waals surface area contributed by atoms with Gasteiger partial charge in [0.25, 0.3) is 0 Å². The first kappa shape index (κ1) is 16.5. The number of rotatable bonds is 3. The first-order chi connectivity index (χ1) is 11.8. The number of fused-ring (bicyclic) bond motifs is 2. The maximum Gasteiger partial charge on any atom is 0.339 e. The highest BCUT2D eigenvalue weighted by atomic mass is 16.4. The van der Waals surface area contributed by atoms with E-state index in [2.05, 4.69) is 0 Å². The predicted molar refractivity (Wildman–Crippen MR) is 85.7 cm³/mol. The van der Waals surface area contributed by atoms with Crippen LogP contribution in [-0.2, 0) is 6.42 Å². The molecule has 7 heteroatoms. The second kappa shape index (κ2) is 5.62. The van der Waals surface area contributed by atoms with Crippen LogP contribution in [0.15, 0.2) is 18.2 Å². The number of benzene rings is 2. The Balaban J connectivity index is 2.38. The van der Waals surface area contributed by atoms with E-state index in [-0.39, 0.29) is 28.0 Å². The molecular weight excluding hydrogens is 328 g/mol. The molecule has 3 rings (SSSR count). The summed E-state index contributed by atoms with van der Waals surface area (Å²) in [7, 11) is 0. The number of hydrogen-bond donors (Lipinski definition) is 4. The minimum absolute atomic E-state index is 0.145. The van der Waals surface area contributed by atoms with Gasteiger partial charge in [0.2, 0.25) is 5.78 Å². The van der Waals surface area contributed by atoms with E-state index in [1.807, 2.05) is 0 Å². The Hall–Kier alpha value is -3.35. The lowest BCUT2D eigenvalue weighted by molar-refractivity contribution is 0.0691. The van der Waals surface area contributed by atoms with E-state index in [9.17, 15) is 34.8 Å². The Labute approximate surface area is 141 Å². The molecule has 0 heterocycles. The van der Waals surface area contributed by atoms with Gasteiger partial charge in [0.05, 0.1) is 11.1 Å². The SMILES string of the molecule is CCCc1cc2c(c(O)c1C(=O)O)C(=O)c1c(O)cc(O)cc1C2=O. The van der Waals surface area contributed by atoms with Crippen molar-refractivity contribution in [1.29, 1.82) is 0 Å². The number of aromatic hydroxyl groups is 3. The minimum Gasteiger partial charge on any atom is -0.508 e. The summed E-state index contributed by atoms with van der Waals surface area (Å²) < 4.78 is 0. The largest absolute Gasteiger partial charge is 0.508 e. The van der Waals surface area contributed by atoms with E-state index >= 15 is 0 Å². The molecule has 1 aliphatic rings. The van der Waals surface area contributed by atoms with Gasteiger partial charge in [0.1, 0.15) is 22.8 Å². The van der Waals surface area contributed by atoms with Crippen LogP contribution in [0.3, 0.4) is 0 Å². The lowest BCUT2D eigenvalue weighted by Gasteiger charge is -2.22. The van der Waals surface area contributed by atoms with Crippen molar-refractivity contribution in [2.75, 3.05) is 0 Å². The zero-order valence-electron chi connectivity index (χ0n) is 13.2. The van der Waals surface area contributed by atoms with Gasteiger partial charge in [0, 0.05) is 17.2 Å². The van der Waals surface area contributed by atoms with Gasteiger partial charge in [-0.15, -0.1) is 0 Å². The quantitative estimate of drug-likeness (QED) is 0.574. The number of carbonyl (C=O) groups is 3. The fraction of sp³-hybridized carbons (Fsp3) is 0.167. The Morgan fingerprint density at radius 1 is 0.960 bits per heavy atom. The number of carbonyl (C=O) groups excluding carboxylic acids is 2. The van der Waals surface area contributed by atoms with Gasteiger partial charge in [0.15, 0.2) is 5.78 Å². The van der Waals surface area contributed by atoms with Crippen LogP contribution in [0.4, 0.5) is 0 Å². The van der Waals surface area contributed by atoms with Crippen LogP contribution in [0.2, 0.25) is 0 Å². The van der Waals surface area contributed by atoms with Crippen LogP contribution in [-0.4, -0.2) is 38.0 Å². The third kappa shape index (κ3) is 2.32. The lowest BCUT2D eigenvalue weighted by atomic mass is 9.80. The van der Waals surface area contributed by atoms with Gasteiger partial charge in [-0.1, -0.05) is 13.3 Å². The normalized spacial score (nSPS) is 12.7. The number of phenols is 3. The molecule has 0 amide bonds. The monoisotopic (exact) mass is 342 g/mol. The summed E-state index contributed by atoms with van der Waals surface area (Å²) in [5.74, 6) is -4.76. The highest BCUT2D eigenvalue weighted by molar-refractivity contribution is 6.31. The number of ketones is 2. The molecule has 0 saturated heterocycles. The Morgan fingerprint density at radius 2 is 1.60 bits per heavy atom. The average molecular weight is 342 g/mol. The van der Waals surface area contributed by atoms with Crippen molar-refractivity contribution in [2.24, 2.45) is 0 Å². The molecular formula is C18H14O7. The van der Waals surface area contributed by atoms with Crippen molar-refractivity contribution in [1.82, 2.24) is 0 Å². The van der Waals surface area contributed by atoms with Crippen molar-refractivity contribution in [2.45, 2.75) is 19.8 Å². The Kier molecular flexibility index (Phi) is 3.71. The van der Waals surface area contributed by atoms with Crippen LogP contribution in [0.25, 0.3) is 0 Å². The minimum atomic E-state index is -1.41. The number of carboxylic acids is 1. The summed E-state index contributed by atoms with van der Waals surface area (Å²) >= 11 is 0. The van der Waals surface area contributed by atoms with Crippen LogP contribution in [0, 0.1) is 0 Å². The second-order valence-corrected chi connectivity index (χ2v) is 5.78. The van der Waals surface area contributed by atoms with E-state index in [4.69, 9.17) is 0 Å². The smallest absolute Gasteiger partial charge is 0.339 e. The molecule has 0 fully saturated rings. The van der Waals surface area contributed by atoms with Crippen LogP contribution >= 0.6 is 0 Å². The van der Waals surface area contributed by atoms with E-state index in [0.29, 0.717) is 12.8 Å². The van der Waals surface area contributed by atoms with Gasteiger partial charge in [-0.05, 0) is 24.1 Å². The molecule has 2 aromatic rings. The molecule has 0 atom stereocenters. The molecule has 4 N–H and O–H groups in total. The van der Waals surface area contributed by atoms with Gasteiger partial charge in [-0.25, -0.2) is 4.79 Å². The molecule has 0 saturated carbocycles. The van der Waals surface area contributed by atoms with Crippen molar-refractivity contribution in [3.63, 3.8) is 0 Å². The number of phenolic OH excluding ortho intramolecular Hbond substituents is 2. The Bertz CT molecular complexity index is 957. The molecule has 128 valence electrons.